The van der Waals surface area contributed by atoms with E-state index in [9.17, 15) is 0 Å². The molecule has 0 atom stereocenters. The standard InChI is InChI=1S/2C4H10.Na.2H3O3PS.H/c2*1-4(2)3;;2*1-4(2,3)5;/h2*4H,1-3H3;;2*(H3,1,2,3,5);. The molecule has 0 spiro atoms. The molecule has 118 valence electrons. The predicted molar refractivity (Wildman–Crippen MR) is 90.1 cm³/mol. The molecule has 0 aliphatic carbocycles. The van der Waals surface area contributed by atoms with E-state index in [0.29, 0.717) is 0 Å². The van der Waals surface area contributed by atoms with E-state index in [0.717, 1.165) is 11.8 Å². The van der Waals surface area contributed by atoms with Gasteiger partial charge in [-0.2, -0.15) is 0 Å². The van der Waals surface area contributed by atoms with Gasteiger partial charge in [0, 0.05) is 0 Å². The van der Waals surface area contributed by atoms with E-state index in [1.54, 1.807) is 0 Å². The van der Waals surface area contributed by atoms with Crippen LogP contribution in [0.1, 0.15) is 41.5 Å². The molecule has 6 nitrogen and oxygen atoms in total. The number of hydrogen-bond acceptors (Lipinski definition) is 2. The topological polar surface area (TPSA) is 121 Å². The Balaban J connectivity index is -0.0000000453. The van der Waals surface area contributed by atoms with Crippen molar-refractivity contribution >= 4 is 66.6 Å². The number of rotatable bonds is 0. The molecule has 0 aliphatic rings. The van der Waals surface area contributed by atoms with Crippen LogP contribution >= 0.6 is 13.4 Å². The van der Waals surface area contributed by atoms with E-state index in [4.69, 9.17) is 29.4 Å². The first kappa shape index (κ1) is 32.9. The van der Waals surface area contributed by atoms with E-state index in [-0.39, 0.29) is 29.6 Å². The zero-order chi connectivity index (χ0) is 16.2. The second-order valence-electron chi connectivity index (χ2n) is 4.49. The Morgan fingerprint density at radius 3 is 0.579 bits per heavy atom. The third kappa shape index (κ3) is 1540. The van der Waals surface area contributed by atoms with Crippen LogP contribution in [0.15, 0.2) is 0 Å². The van der Waals surface area contributed by atoms with Gasteiger partial charge in [-0.25, -0.2) is 0 Å². The Hall–Kier alpha value is 2.06. The molecular weight excluding hydrogens is 341 g/mol. The molecule has 0 aromatic carbocycles. The minimum absolute atomic E-state index is 0. The van der Waals surface area contributed by atoms with Crippen LogP contribution in [-0.2, 0) is 23.6 Å². The van der Waals surface area contributed by atoms with Gasteiger partial charge in [-0.1, -0.05) is 41.5 Å². The van der Waals surface area contributed by atoms with Crippen molar-refractivity contribution in [3.63, 3.8) is 0 Å². The van der Waals surface area contributed by atoms with Crippen molar-refractivity contribution in [2.45, 2.75) is 41.5 Å². The van der Waals surface area contributed by atoms with Crippen LogP contribution in [0.2, 0.25) is 0 Å². The zero-order valence-electron chi connectivity index (χ0n) is 11.5. The van der Waals surface area contributed by atoms with Crippen molar-refractivity contribution < 1.29 is 29.4 Å². The van der Waals surface area contributed by atoms with Gasteiger partial charge in [-0.05, 0) is 35.4 Å². The predicted octanol–water partition coefficient (Wildman–Crippen LogP) is 1.05. The Morgan fingerprint density at radius 1 is 0.579 bits per heavy atom. The Kier molecular flexibility index (Phi) is 31.3. The quantitative estimate of drug-likeness (QED) is 0.277. The van der Waals surface area contributed by atoms with Crippen LogP contribution in [0.5, 0.6) is 0 Å². The molecule has 0 saturated heterocycles. The molecule has 11 heteroatoms. The van der Waals surface area contributed by atoms with E-state index >= 15 is 0 Å². The fraction of sp³-hybridized carbons (Fsp3) is 1.00. The van der Waals surface area contributed by atoms with Crippen LogP contribution in [0.25, 0.3) is 0 Å². The summed E-state index contributed by atoms with van der Waals surface area (Å²) in [5, 5.41) is 0. The van der Waals surface area contributed by atoms with Crippen LogP contribution in [-0.4, -0.2) is 58.9 Å². The SMILES string of the molecule is CC(C)C.CC(C)C.OP(O)(O)=S.OP(O)(O)=S.[NaH]. The summed E-state index contributed by atoms with van der Waals surface area (Å²) in [7, 11) is 0. The molecule has 0 saturated carbocycles. The van der Waals surface area contributed by atoms with Gasteiger partial charge in [0.2, 0.25) is 0 Å². The van der Waals surface area contributed by atoms with Crippen molar-refractivity contribution in [2.24, 2.45) is 11.8 Å². The summed E-state index contributed by atoms with van der Waals surface area (Å²) < 4.78 is 0. The summed E-state index contributed by atoms with van der Waals surface area (Å²) in [6.45, 7) is 5.39. The first-order valence-electron chi connectivity index (χ1n) is 5.03. The first-order chi connectivity index (χ1) is 7.46. The summed E-state index contributed by atoms with van der Waals surface area (Å²) in [6.07, 6.45) is 0. The van der Waals surface area contributed by atoms with Crippen LogP contribution in [0, 0.1) is 11.8 Å². The Bertz CT molecular complexity index is 206. The van der Waals surface area contributed by atoms with Crippen molar-refractivity contribution in [1.29, 1.82) is 0 Å². The van der Waals surface area contributed by atoms with E-state index in [2.05, 4.69) is 65.2 Å². The van der Waals surface area contributed by atoms with Crippen LogP contribution in [0.4, 0.5) is 0 Å². The van der Waals surface area contributed by atoms with Gasteiger partial charge in [-0.3, -0.25) is 0 Å². The molecule has 0 unspecified atom stereocenters. The first-order valence-corrected chi connectivity index (χ1v) is 10.4. The van der Waals surface area contributed by atoms with E-state index < -0.39 is 13.4 Å². The van der Waals surface area contributed by atoms with Gasteiger partial charge < -0.3 is 29.4 Å². The van der Waals surface area contributed by atoms with Crippen molar-refractivity contribution in [3.05, 3.63) is 0 Å². The average Bonchev–Trinajstić information content (AvgIpc) is 1.70. The molecule has 0 rings (SSSR count). The second kappa shape index (κ2) is 18.1. The summed E-state index contributed by atoms with van der Waals surface area (Å²) >= 11 is 7.21. The molecule has 0 fully saturated rings. The summed E-state index contributed by atoms with van der Waals surface area (Å²) in [6, 6.07) is 0. The van der Waals surface area contributed by atoms with Crippen molar-refractivity contribution in [3.8, 4) is 0 Å². The second-order valence-corrected chi connectivity index (χ2v) is 9.48. The molecule has 0 bridgehead atoms. The number of hydrogen-bond donors (Lipinski definition) is 6. The molecular formula is C8H27NaO6P2S2. The molecule has 0 aromatic heterocycles. The summed E-state index contributed by atoms with van der Waals surface area (Å²) in [5.74, 6) is 1.67. The molecule has 0 aromatic rings. The fourth-order valence-corrected chi connectivity index (χ4v) is 0. The van der Waals surface area contributed by atoms with Gasteiger partial charge in [0.25, 0.3) is 0 Å². The fourth-order valence-electron chi connectivity index (χ4n) is 0. The minimum atomic E-state index is -3.81. The van der Waals surface area contributed by atoms with Gasteiger partial charge >= 0.3 is 43.0 Å². The summed E-state index contributed by atoms with van der Waals surface area (Å²) in [4.78, 5) is 45.3. The molecule has 0 amide bonds. The molecule has 6 N–H and O–H groups in total. The monoisotopic (exact) mass is 368 g/mol. The van der Waals surface area contributed by atoms with Gasteiger partial charge in [0.1, 0.15) is 0 Å². The normalized spacial score (nSPS) is 10.0. The molecule has 0 heterocycles. The van der Waals surface area contributed by atoms with Gasteiger partial charge in [0.15, 0.2) is 0 Å². The Morgan fingerprint density at radius 2 is 0.579 bits per heavy atom. The molecule has 0 aliphatic heterocycles. The maximum atomic E-state index is 7.56. The van der Waals surface area contributed by atoms with E-state index in [1.807, 2.05) is 0 Å². The average molecular weight is 368 g/mol. The van der Waals surface area contributed by atoms with Crippen molar-refractivity contribution in [2.75, 3.05) is 0 Å². The van der Waals surface area contributed by atoms with Gasteiger partial charge in [0.05, 0.1) is 0 Å². The zero-order valence-corrected chi connectivity index (χ0v) is 15.0. The van der Waals surface area contributed by atoms with Crippen LogP contribution in [0.3, 0.4) is 0 Å². The van der Waals surface area contributed by atoms with Gasteiger partial charge in [-0.15, -0.1) is 0 Å². The molecule has 0 radical (unpaired) electrons. The Labute approximate surface area is 148 Å². The van der Waals surface area contributed by atoms with Crippen molar-refractivity contribution in [1.82, 2.24) is 0 Å². The van der Waals surface area contributed by atoms with Crippen LogP contribution < -0.4 is 0 Å². The maximum absolute atomic E-state index is 7.56. The third-order valence-corrected chi connectivity index (χ3v) is 0. The third-order valence-electron chi connectivity index (χ3n) is 0. The summed E-state index contributed by atoms with van der Waals surface area (Å²) in [5.41, 5.74) is 0. The molecule has 19 heavy (non-hydrogen) atoms. The van der Waals surface area contributed by atoms with E-state index in [1.165, 1.54) is 0 Å².